The van der Waals surface area contributed by atoms with Gasteiger partial charge >= 0.3 is 5.97 Å². The van der Waals surface area contributed by atoms with Gasteiger partial charge in [0.25, 0.3) is 11.8 Å². The Morgan fingerprint density at radius 1 is 1.12 bits per heavy atom. The van der Waals surface area contributed by atoms with Crippen LogP contribution in [-0.4, -0.2) is 41.7 Å². The summed E-state index contributed by atoms with van der Waals surface area (Å²) in [6.45, 7) is 3.61. The monoisotopic (exact) mass is 432 g/mol. The zero-order chi connectivity index (χ0) is 22.4. The van der Waals surface area contributed by atoms with Gasteiger partial charge in [-0.1, -0.05) is 42.5 Å². The molecule has 2 amide bonds. The number of hydrogen-bond donors (Lipinski definition) is 0. The standard InChI is InChI=1S/C25H24N2O5/c1-3-31-25(30)14(2)32-20-11-10-15-6-4-5-7-18(15)19(20)13-26-27-23(28)21-16-8-9-17(12-16)22(21)24(27)29/h4-11,13-14,16-17,21-22H,3,12H2,1-2H3/t14-,16-,17-,21-,22+/m0/s1. The lowest BCUT2D eigenvalue weighted by Gasteiger charge is -2.17. The van der Waals surface area contributed by atoms with Crippen molar-refractivity contribution in [3.05, 3.63) is 54.1 Å². The average Bonchev–Trinajstić information content (AvgIpc) is 3.47. The summed E-state index contributed by atoms with van der Waals surface area (Å²) in [5, 5.41) is 7.12. The molecule has 2 aromatic rings. The Hall–Kier alpha value is -3.48. The molecule has 164 valence electrons. The fraction of sp³-hybridized carbons (Fsp3) is 0.360. The Balaban J connectivity index is 1.48. The molecule has 7 heteroatoms. The van der Waals surface area contributed by atoms with Gasteiger partial charge in [-0.25, -0.2) is 4.79 Å². The van der Waals surface area contributed by atoms with E-state index in [-0.39, 0.29) is 42.1 Å². The summed E-state index contributed by atoms with van der Waals surface area (Å²) in [5.41, 5.74) is 0.595. The molecule has 0 unspecified atom stereocenters. The number of ether oxygens (including phenoxy) is 2. The number of esters is 1. The number of nitrogens with zero attached hydrogens (tertiary/aromatic N) is 2. The van der Waals surface area contributed by atoms with Gasteiger partial charge in [0.05, 0.1) is 24.7 Å². The van der Waals surface area contributed by atoms with E-state index >= 15 is 0 Å². The molecular weight excluding hydrogens is 408 g/mol. The van der Waals surface area contributed by atoms with Crippen molar-refractivity contribution < 1.29 is 23.9 Å². The lowest BCUT2D eigenvalue weighted by atomic mass is 9.85. The van der Waals surface area contributed by atoms with Crippen LogP contribution in [0, 0.1) is 23.7 Å². The van der Waals surface area contributed by atoms with E-state index in [2.05, 4.69) is 17.3 Å². The van der Waals surface area contributed by atoms with Gasteiger partial charge in [0.1, 0.15) is 5.75 Å². The number of carbonyl (C=O) groups excluding carboxylic acids is 3. The third-order valence-electron chi connectivity index (χ3n) is 6.60. The van der Waals surface area contributed by atoms with Crippen molar-refractivity contribution in [2.24, 2.45) is 28.8 Å². The van der Waals surface area contributed by atoms with Crippen LogP contribution in [0.2, 0.25) is 0 Å². The Morgan fingerprint density at radius 3 is 2.50 bits per heavy atom. The molecule has 5 rings (SSSR count). The first kappa shape index (κ1) is 20.4. The molecule has 1 heterocycles. The van der Waals surface area contributed by atoms with Crippen LogP contribution in [-0.2, 0) is 19.1 Å². The summed E-state index contributed by atoms with van der Waals surface area (Å²) in [5.74, 6) is -0.875. The highest BCUT2D eigenvalue weighted by Crippen LogP contribution is 2.52. The number of carbonyl (C=O) groups is 3. The zero-order valence-corrected chi connectivity index (χ0v) is 17.9. The number of hydrazone groups is 1. The summed E-state index contributed by atoms with van der Waals surface area (Å²) in [4.78, 5) is 38.0. The summed E-state index contributed by atoms with van der Waals surface area (Å²) in [6.07, 6.45) is 5.65. The quantitative estimate of drug-likeness (QED) is 0.303. The van der Waals surface area contributed by atoms with Gasteiger partial charge in [-0.05, 0) is 48.9 Å². The molecule has 2 fully saturated rings. The minimum Gasteiger partial charge on any atom is -0.478 e. The Bertz CT molecular complexity index is 1140. The van der Waals surface area contributed by atoms with Crippen LogP contribution < -0.4 is 4.74 Å². The molecular formula is C25H24N2O5. The number of amides is 2. The molecule has 5 atom stereocenters. The highest BCUT2D eigenvalue weighted by Gasteiger charge is 2.59. The second-order valence-corrected chi connectivity index (χ2v) is 8.44. The van der Waals surface area contributed by atoms with E-state index in [1.807, 2.05) is 30.3 Å². The van der Waals surface area contributed by atoms with Crippen molar-refractivity contribution in [2.45, 2.75) is 26.4 Å². The van der Waals surface area contributed by atoms with Crippen molar-refractivity contribution in [3.8, 4) is 5.75 Å². The van der Waals surface area contributed by atoms with Gasteiger partial charge in [-0.3, -0.25) is 9.59 Å². The minimum absolute atomic E-state index is 0.128. The summed E-state index contributed by atoms with van der Waals surface area (Å²) in [6, 6.07) is 11.3. The highest BCUT2D eigenvalue weighted by molar-refractivity contribution is 6.08. The average molecular weight is 432 g/mol. The lowest BCUT2D eigenvalue weighted by molar-refractivity contribution is -0.150. The minimum atomic E-state index is -0.820. The predicted molar refractivity (Wildman–Crippen MR) is 118 cm³/mol. The molecule has 1 saturated heterocycles. The number of benzene rings is 2. The summed E-state index contributed by atoms with van der Waals surface area (Å²) >= 11 is 0. The fourth-order valence-electron chi connectivity index (χ4n) is 5.13. The van der Waals surface area contributed by atoms with Crippen molar-refractivity contribution in [1.82, 2.24) is 5.01 Å². The first-order valence-corrected chi connectivity index (χ1v) is 10.9. The first-order valence-electron chi connectivity index (χ1n) is 10.9. The van der Waals surface area contributed by atoms with Crippen LogP contribution in [0.3, 0.4) is 0 Å². The zero-order valence-electron chi connectivity index (χ0n) is 17.9. The molecule has 2 aromatic carbocycles. The van der Waals surface area contributed by atoms with Crippen LogP contribution in [0.4, 0.5) is 0 Å². The van der Waals surface area contributed by atoms with E-state index in [1.54, 1.807) is 19.9 Å². The van der Waals surface area contributed by atoms with Gasteiger partial charge in [0, 0.05) is 5.56 Å². The largest absolute Gasteiger partial charge is 0.478 e. The number of rotatable bonds is 6. The van der Waals surface area contributed by atoms with Crippen molar-refractivity contribution in [1.29, 1.82) is 0 Å². The van der Waals surface area contributed by atoms with E-state index in [9.17, 15) is 14.4 Å². The molecule has 3 aliphatic rings. The normalized spacial score (nSPS) is 26.9. The Kier molecular flexibility index (Phi) is 5.04. The third-order valence-corrected chi connectivity index (χ3v) is 6.60. The van der Waals surface area contributed by atoms with Crippen LogP contribution in [0.5, 0.6) is 5.75 Å². The number of allylic oxidation sites excluding steroid dienone is 2. The third kappa shape index (κ3) is 3.20. The molecule has 7 nitrogen and oxygen atoms in total. The van der Waals surface area contributed by atoms with Crippen molar-refractivity contribution in [3.63, 3.8) is 0 Å². The fourth-order valence-corrected chi connectivity index (χ4v) is 5.13. The van der Waals surface area contributed by atoms with Crippen LogP contribution in [0.15, 0.2) is 53.7 Å². The Labute approximate surface area is 185 Å². The van der Waals surface area contributed by atoms with E-state index in [0.717, 1.165) is 22.2 Å². The molecule has 0 N–H and O–H groups in total. The molecule has 32 heavy (non-hydrogen) atoms. The maximum Gasteiger partial charge on any atom is 0.347 e. The van der Waals surface area contributed by atoms with Crippen LogP contribution >= 0.6 is 0 Å². The van der Waals surface area contributed by atoms with E-state index in [4.69, 9.17) is 9.47 Å². The molecule has 0 radical (unpaired) electrons. The number of fused-ring (bicyclic) bond motifs is 6. The van der Waals surface area contributed by atoms with Crippen molar-refractivity contribution in [2.75, 3.05) is 6.61 Å². The van der Waals surface area contributed by atoms with E-state index in [0.29, 0.717) is 11.3 Å². The SMILES string of the molecule is CCOC(=O)[C@H](C)Oc1ccc2ccccc2c1C=NN1C(=O)[C@@H]2[C@H](C1=O)[C@H]1C=C[C@H]2C1. The molecule has 2 bridgehead atoms. The van der Waals surface area contributed by atoms with E-state index < -0.39 is 12.1 Å². The Morgan fingerprint density at radius 2 is 1.81 bits per heavy atom. The summed E-state index contributed by atoms with van der Waals surface area (Å²) in [7, 11) is 0. The lowest BCUT2D eigenvalue weighted by Crippen LogP contribution is -2.28. The number of hydrogen-bond acceptors (Lipinski definition) is 6. The van der Waals surface area contributed by atoms with Gasteiger partial charge in [-0.2, -0.15) is 10.1 Å². The maximum atomic E-state index is 13.0. The molecule has 1 aliphatic heterocycles. The number of imide groups is 1. The second kappa shape index (κ2) is 7.89. The molecule has 0 aromatic heterocycles. The molecule has 1 saturated carbocycles. The van der Waals surface area contributed by atoms with E-state index in [1.165, 1.54) is 6.21 Å². The van der Waals surface area contributed by atoms with Crippen molar-refractivity contribution >= 4 is 34.8 Å². The smallest absolute Gasteiger partial charge is 0.347 e. The first-order chi connectivity index (χ1) is 15.5. The van der Waals surface area contributed by atoms with Gasteiger partial charge in [-0.15, -0.1) is 0 Å². The second-order valence-electron chi connectivity index (χ2n) is 8.44. The maximum absolute atomic E-state index is 13.0. The predicted octanol–water partition coefficient (Wildman–Crippen LogP) is 3.31. The van der Waals surface area contributed by atoms with Crippen LogP contribution in [0.25, 0.3) is 10.8 Å². The summed E-state index contributed by atoms with van der Waals surface area (Å²) < 4.78 is 10.9. The van der Waals surface area contributed by atoms with Crippen LogP contribution in [0.1, 0.15) is 25.8 Å². The highest BCUT2D eigenvalue weighted by atomic mass is 16.6. The van der Waals surface area contributed by atoms with Gasteiger partial charge in [0.2, 0.25) is 0 Å². The molecule has 2 aliphatic carbocycles. The topological polar surface area (TPSA) is 85.3 Å². The van der Waals surface area contributed by atoms with Gasteiger partial charge in [0.15, 0.2) is 6.10 Å². The molecule has 0 spiro atoms. The van der Waals surface area contributed by atoms with Gasteiger partial charge < -0.3 is 9.47 Å².